The lowest BCUT2D eigenvalue weighted by Gasteiger charge is -2.16. The minimum atomic E-state index is -1.02. The molecular formula is C15H13NO4. The first-order valence-electron chi connectivity index (χ1n) is 5.92. The predicted octanol–water partition coefficient (Wildman–Crippen LogP) is 3.02. The van der Waals surface area contributed by atoms with Crippen molar-refractivity contribution in [2.75, 3.05) is 11.9 Å². The summed E-state index contributed by atoms with van der Waals surface area (Å²) in [5.74, 6) is -0.730. The number of carbonyl (C=O) groups is 2. The number of hydrogen-bond donors (Lipinski definition) is 1. The van der Waals surface area contributed by atoms with E-state index >= 15 is 0 Å². The van der Waals surface area contributed by atoms with E-state index in [1.807, 2.05) is 18.2 Å². The first-order chi connectivity index (χ1) is 9.58. The number of aromatic carboxylic acids is 1. The fourth-order valence-electron chi connectivity index (χ4n) is 1.59. The highest BCUT2D eigenvalue weighted by atomic mass is 16.6. The highest BCUT2D eigenvalue weighted by Crippen LogP contribution is 2.16. The summed E-state index contributed by atoms with van der Waals surface area (Å²) in [6.07, 6.45) is -0.542. The topological polar surface area (TPSA) is 66.8 Å². The van der Waals surface area contributed by atoms with Gasteiger partial charge in [0.15, 0.2) is 0 Å². The maximum absolute atomic E-state index is 11.9. The highest BCUT2D eigenvalue weighted by molar-refractivity contribution is 5.89. The van der Waals surface area contributed by atoms with Crippen LogP contribution in [0.4, 0.5) is 10.5 Å². The van der Waals surface area contributed by atoms with Gasteiger partial charge in [0.05, 0.1) is 5.56 Å². The first-order valence-corrected chi connectivity index (χ1v) is 5.92. The van der Waals surface area contributed by atoms with Crippen LogP contribution in [0.25, 0.3) is 0 Å². The maximum atomic E-state index is 11.9. The van der Waals surface area contributed by atoms with Gasteiger partial charge in [-0.2, -0.15) is 0 Å². The second-order valence-corrected chi connectivity index (χ2v) is 4.09. The number of nitrogens with zero attached hydrogens (tertiary/aromatic N) is 1. The summed E-state index contributed by atoms with van der Waals surface area (Å²) < 4.78 is 5.16. The SMILES string of the molecule is CN(C(=O)Oc1ccc(C(=O)O)cc1)c1ccccc1. The molecule has 0 radical (unpaired) electrons. The van der Waals surface area contributed by atoms with Gasteiger partial charge in [0.1, 0.15) is 5.75 Å². The minimum absolute atomic E-state index is 0.140. The average molecular weight is 271 g/mol. The standard InChI is InChI=1S/C15H13NO4/c1-16(12-5-3-2-4-6-12)15(19)20-13-9-7-11(8-10-13)14(17)18/h2-10H,1H3,(H,17,18). The van der Waals surface area contributed by atoms with Gasteiger partial charge in [0, 0.05) is 12.7 Å². The molecule has 0 aliphatic carbocycles. The molecule has 5 heteroatoms. The number of ether oxygens (including phenoxy) is 1. The Balaban J connectivity index is 2.06. The third-order valence-corrected chi connectivity index (χ3v) is 2.72. The number of amides is 1. The molecule has 0 bridgehead atoms. The van der Waals surface area contributed by atoms with Gasteiger partial charge in [-0.1, -0.05) is 18.2 Å². The fraction of sp³-hybridized carbons (Fsp3) is 0.0667. The van der Waals surface area contributed by atoms with Crippen LogP contribution >= 0.6 is 0 Å². The number of para-hydroxylation sites is 1. The van der Waals surface area contributed by atoms with Crippen LogP contribution in [0.15, 0.2) is 54.6 Å². The summed E-state index contributed by atoms with van der Waals surface area (Å²) in [5, 5.41) is 8.78. The molecule has 1 amide bonds. The van der Waals surface area contributed by atoms with E-state index in [-0.39, 0.29) is 5.56 Å². The van der Waals surface area contributed by atoms with Crippen LogP contribution in [0.3, 0.4) is 0 Å². The van der Waals surface area contributed by atoms with Crippen molar-refractivity contribution in [2.45, 2.75) is 0 Å². The molecule has 0 spiro atoms. The Hall–Kier alpha value is -2.82. The molecule has 0 aromatic heterocycles. The lowest BCUT2D eigenvalue weighted by Crippen LogP contribution is -2.29. The van der Waals surface area contributed by atoms with Gasteiger partial charge >= 0.3 is 12.1 Å². The van der Waals surface area contributed by atoms with Crippen LogP contribution < -0.4 is 9.64 Å². The molecule has 102 valence electrons. The molecule has 0 aliphatic rings. The predicted molar refractivity (Wildman–Crippen MR) is 74.3 cm³/mol. The smallest absolute Gasteiger partial charge is 0.419 e. The Morgan fingerprint density at radius 2 is 1.60 bits per heavy atom. The van der Waals surface area contributed by atoms with Gasteiger partial charge in [-0.15, -0.1) is 0 Å². The van der Waals surface area contributed by atoms with Gasteiger partial charge in [-0.05, 0) is 36.4 Å². The van der Waals surface area contributed by atoms with E-state index in [0.717, 1.165) is 0 Å². The molecule has 0 saturated carbocycles. The molecular weight excluding hydrogens is 258 g/mol. The van der Waals surface area contributed by atoms with Gasteiger partial charge in [-0.3, -0.25) is 4.90 Å². The Labute approximate surface area is 116 Å². The number of hydrogen-bond acceptors (Lipinski definition) is 3. The van der Waals surface area contributed by atoms with E-state index in [2.05, 4.69) is 0 Å². The molecule has 2 rings (SSSR count). The molecule has 0 atom stereocenters. The maximum Gasteiger partial charge on any atom is 0.419 e. The van der Waals surface area contributed by atoms with Crippen LogP contribution in [0.2, 0.25) is 0 Å². The van der Waals surface area contributed by atoms with E-state index in [1.54, 1.807) is 19.2 Å². The van der Waals surface area contributed by atoms with Crippen molar-refractivity contribution in [3.8, 4) is 5.75 Å². The molecule has 0 fully saturated rings. The zero-order chi connectivity index (χ0) is 14.5. The van der Waals surface area contributed by atoms with Crippen molar-refractivity contribution in [3.63, 3.8) is 0 Å². The molecule has 0 unspecified atom stereocenters. The zero-order valence-electron chi connectivity index (χ0n) is 10.8. The summed E-state index contributed by atoms with van der Waals surface area (Å²) in [6, 6.07) is 14.7. The number of benzene rings is 2. The van der Waals surface area contributed by atoms with E-state index in [4.69, 9.17) is 9.84 Å². The highest BCUT2D eigenvalue weighted by Gasteiger charge is 2.13. The fourth-order valence-corrected chi connectivity index (χ4v) is 1.59. The van der Waals surface area contributed by atoms with Gasteiger partial charge in [-0.25, -0.2) is 9.59 Å². The minimum Gasteiger partial charge on any atom is -0.478 e. The summed E-state index contributed by atoms with van der Waals surface area (Å²) in [5.41, 5.74) is 0.848. The third kappa shape index (κ3) is 3.14. The van der Waals surface area contributed by atoms with Crippen LogP contribution in [-0.4, -0.2) is 24.2 Å². The lowest BCUT2D eigenvalue weighted by molar-refractivity contribution is 0.0697. The van der Waals surface area contributed by atoms with E-state index < -0.39 is 12.1 Å². The summed E-state index contributed by atoms with van der Waals surface area (Å²) in [4.78, 5) is 24.0. The van der Waals surface area contributed by atoms with Crippen molar-refractivity contribution >= 4 is 17.7 Å². The lowest BCUT2D eigenvalue weighted by atomic mass is 10.2. The molecule has 0 saturated heterocycles. The number of rotatable bonds is 3. The third-order valence-electron chi connectivity index (χ3n) is 2.72. The Bertz CT molecular complexity index is 608. The second kappa shape index (κ2) is 5.88. The van der Waals surface area contributed by atoms with Crippen molar-refractivity contribution in [2.24, 2.45) is 0 Å². The summed E-state index contributed by atoms with van der Waals surface area (Å²) in [7, 11) is 1.60. The zero-order valence-corrected chi connectivity index (χ0v) is 10.8. The van der Waals surface area contributed by atoms with Crippen LogP contribution in [-0.2, 0) is 0 Å². The van der Waals surface area contributed by atoms with Gasteiger partial charge < -0.3 is 9.84 Å². The van der Waals surface area contributed by atoms with E-state index in [0.29, 0.717) is 11.4 Å². The number of carbonyl (C=O) groups excluding carboxylic acids is 1. The van der Waals surface area contributed by atoms with Gasteiger partial charge in [0.2, 0.25) is 0 Å². The van der Waals surface area contributed by atoms with E-state index in [1.165, 1.54) is 29.2 Å². The van der Waals surface area contributed by atoms with Crippen LogP contribution in [0.5, 0.6) is 5.75 Å². The van der Waals surface area contributed by atoms with Crippen LogP contribution in [0, 0.1) is 0 Å². The Kier molecular flexibility index (Phi) is 4.00. The largest absolute Gasteiger partial charge is 0.478 e. The number of carboxylic acid groups (broad SMARTS) is 1. The Morgan fingerprint density at radius 1 is 1.00 bits per heavy atom. The monoisotopic (exact) mass is 271 g/mol. The quantitative estimate of drug-likeness (QED) is 0.931. The molecule has 20 heavy (non-hydrogen) atoms. The van der Waals surface area contributed by atoms with Gasteiger partial charge in [0.25, 0.3) is 0 Å². The number of anilines is 1. The van der Waals surface area contributed by atoms with Crippen molar-refractivity contribution in [1.82, 2.24) is 0 Å². The van der Waals surface area contributed by atoms with Crippen LogP contribution in [0.1, 0.15) is 10.4 Å². The van der Waals surface area contributed by atoms with Crippen molar-refractivity contribution in [3.05, 3.63) is 60.2 Å². The summed E-state index contributed by atoms with van der Waals surface area (Å²) >= 11 is 0. The molecule has 2 aromatic rings. The average Bonchev–Trinajstić information content (AvgIpc) is 2.48. The first kappa shape index (κ1) is 13.6. The molecule has 2 aromatic carbocycles. The molecule has 1 N–H and O–H groups in total. The molecule has 5 nitrogen and oxygen atoms in total. The summed E-state index contributed by atoms with van der Waals surface area (Å²) in [6.45, 7) is 0. The molecule has 0 heterocycles. The van der Waals surface area contributed by atoms with E-state index in [9.17, 15) is 9.59 Å². The van der Waals surface area contributed by atoms with Crippen molar-refractivity contribution < 1.29 is 19.4 Å². The van der Waals surface area contributed by atoms with Crippen molar-refractivity contribution in [1.29, 1.82) is 0 Å². The molecule has 0 aliphatic heterocycles. The normalized spacial score (nSPS) is 9.85. The Morgan fingerprint density at radius 3 is 2.15 bits per heavy atom. The second-order valence-electron chi connectivity index (χ2n) is 4.09. The number of carboxylic acids is 1.